The molecule has 0 saturated heterocycles. The maximum Gasteiger partial charge on any atom is 0.121 e. The molecule has 30 heavy (non-hydrogen) atoms. The molecule has 0 unspecified atom stereocenters. The van der Waals surface area contributed by atoms with Gasteiger partial charge in [-0.15, -0.1) is 0 Å². The van der Waals surface area contributed by atoms with Gasteiger partial charge in [0.15, 0.2) is 0 Å². The molecule has 1 atom stereocenters. The predicted molar refractivity (Wildman–Crippen MR) is 120 cm³/mol. The Kier molecular flexibility index (Phi) is 4.93. The third-order valence-corrected chi connectivity index (χ3v) is 6.09. The summed E-state index contributed by atoms with van der Waals surface area (Å²) in [5, 5.41) is 19.0. The van der Waals surface area contributed by atoms with Crippen LogP contribution < -0.4 is 5.32 Å². The second kappa shape index (κ2) is 7.74. The van der Waals surface area contributed by atoms with Crippen LogP contribution in [0, 0.1) is 0 Å². The summed E-state index contributed by atoms with van der Waals surface area (Å²) in [7, 11) is 0. The quantitative estimate of drug-likeness (QED) is 0.522. The van der Waals surface area contributed by atoms with E-state index in [-0.39, 0.29) is 0 Å². The molecular weight excluding hydrogens is 372 g/mol. The summed E-state index contributed by atoms with van der Waals surface area (Å²) in [6, 6.07) is 19.4. The third kappa shape index (κ3) is 3.24. The van der Waals surface area contributed by atoms with E-state index in [2.05, 4.69) is 76.9 Å². The molecule has 1 aliphatic carbocycles. The number of hydrogen-bond acceptors (Lipinski definition) is 2. The van der Waals surface area contributed by atoms with E-state index in [4.69, 9.17) is 5.10 Å². The summed E-state index contributed by atoms with van der Waals surface area (Å²) in [6.45, 7) is 5.61. The largest absolute Gasteiger partial charge is 0.385 e. The zero-order valence-electron chi connectivity index (χ0n) is 17.6. The summed E-state index contributed by atoms with van der Waals surface area (Å²) < 4.78 is 4.39. The van der Waals surface area contributed by atoms with Crippen LogP contribution in [0.5, 0.6) is 0 Å². The predicted octanol–water partition coefficient (Wildman–Crippen LogP) is 2.93. The molecule has 5 heteroatoms. The van der Waals surface area contributed by atoms with Crippen LogP contribution in [0.1, 0.15) is 25.1 Å². The molecule has 2 heterocycles. The summed E-state index contributed by atoms with van der Waals surface area (Å²) in [5.41, 5.74) is 7.34. The summed E-state index contributed by atoms with van der Waals surface area (Å²) in [6.07, 6.45) is 3.56. The van der Waals surface area contributed by atoms with Gasteiger partial charge in [0, 0.05) is 16.5 Å². The Labute approximate surface area is 177 Å². The first kappa shape index (κ1) is 19.1. The lowest BCUT2D eigenvalue weighted by Gasteiger charge is -2.20. The average Bonchev–Trinajstić information content (AvgIpc) is 3.33. The molecule has 0 amide bonds. The standard InChI is InChI=1S/C25H28N4O/c1-17(2)26-14-19(30)16-28-23-11-7-6-10-20(23)21-12-13-24-22(25(21)28)15-27-29(24)18-8-4-3-5-9-18/h3-11,15,17,19,26,30H,12-14,16H2,1-2H3/p+1/t19-/m1/s1. The molecule has 5 nitrogen and oxygen atoms in total. The van der Waals surface area contributed by atoms with E-state index < -0.39 is 6.10 Å². The molecule has 2 aromatic heterocycles. The molecule has 5 rings (SSSR count). The van der Waals surface area contributed by atoms with Crippen LogP contribution in [-0.4, -0.2) is 38.1 Å². The van der Waals surface area contributed by atoms with E-state index in [1.165, 1.54) is 33.4 Å². The maximum absolute atomic E-state index is 10.8. The second-order valence-electron chi connectivity index (χ2n) is 8.58. The van der Waals surface area contributed by atoms with Gasteiger partial charge in [-0.1, -0.05) is 36.4 Å². The van der Waals surface area contributed by atoms with Crippen LogP contribution in [0.2, 0.25) is 0 Å². The van der Waals surface area contributed by atoms with Crippen LogP contribution in [0.3, 0.4) is 0 Å². The molecule has 0 fully saturated rings. The van der Waals surface area contributed by atoms with E-state index in [1.807, 2.05) is 12.3 Å². The van der Waals surface area contributed by atoms with Gasteiger partial charge in [0.2, 0.25) is 0 Å². The van der Waals surface area contributed by atoms with Crippen molar-refractivity contribution >= 4 is 10.9 Å². The molecule has 0 spiro atoms. The van der Waals surface area contributed by atoms with Gasteiger partial charge < -0.3 is 15.0 Å². The second-order valence-corrected chi connectivity index (χ2v) is 8.58. The van der Waals surface area contributed by atoms with Crippen molar-refractivity contribution in [2.75, 3.05) is 6.54 Å². The number of hydrogen-bond donors (Lipinski definition) is 2. The Balaban J connectivity index is 1.62. The van der Waals surface area contributed by atoms with Crippen LogP contribution in [0.25, 0.3) is 27.8 Å². The fourth-order valence-corrected chi connectivity index (χ4v) is 4.69. The van der Waals surface area contributed by atoms with Crippen molar-refractivity contribution in [1.82, 2.24) is 14.3 Å². The zero-order valence-corrected chi connectivity index (χ0v) is 17.6. The van der Waals surface area contributed by atoms with Crippen LogP contribution in [0.4, 0.5) is 0 Å². The van der Waals surface area contributed by atoms with Gasteiger partial charge in [0.05, 0.1) is 35.9 Å². The molecule has 1 aliphatic rings. The SMILES string of the molecule is CC(C)[NH2+]C[C@@H](O)Cn1c2c(c3ccccc31)CCc1c-2cnn1-c1ccccc1. The first-order valence-corrected chi connectivity index (χ1v) is 10.9. The Hall–Kier alpha value is -2.89. The Bertz CT molecular complexity index is 1170. The van der Waals surface area contributed by atoms with E-state index in [0.717, 1.165) is 18.5 Å². The van der Waals surface area contributed by atoms with Gasteiger partial charge in [-0.25, -0.2) is 4.68 Å². The minimum absolute atomic E-state index is 0.401. The summed E-state index contributed by atoms with van der Waals surface area (Å²) in [5.74, 6) is 0. The van der Waals surface area contributed by atoms with E-state index in [0.29, 0.717) is 19.1 Å². The van der Waals surface area contributed by atoms with Gasteiger partial charge in [-0.2, -0.15) is 5.10 Å². The molecule has 2 aromatic carbocycles. The van der Waals surface area contributed by atoms with Crippen LogP contribution in [0.15, 0.2) is 60.8 Å². The fraction of sp³-hybridized carbons (Fsp3) is 0.320. The molecule has 3 N–H and O–H groups in total. The Morgan fingerprint density at radius 1 is 1.03 bits per heavy atom. The van der Waals surface area contributed by atoms with E-state index in [9.17, 15) is 5.11 Å². The van der Waals surface area contributed by atoms with Gasteiger partial charge in [0.1, 0.15) is 12.6 Å². The van der Waals surface area contributed by atoms with Gasteiger partial charge >= 0.3 is 0 Å². The summed E-state index contributed by atoms with van der Waals surface area (Å²) in [4.78, 5) is 0. The number of aromatic nitrogens is 3. The topological polar surface area (TPSA) is 59.6 Å². The highest BCUT2D eigenvalue weighted by Gasteiger charge is 2.28. The Morgan fingerprint density at radius 2 is 1.80 bits per heavy atom. The fourth-order valence-electron chi connectivity index (χ4n) is 4.69. The first-order valence-electron chi connectivity index (χ1n) is 10.9. The number of para-hydroxylation sites is 2. The van der Waals surface area contributed by atoms with Crippen LogP contribution >= 0.6 is 0 Å². The number of nitrogens with two attached hydrogens (primary N) is 1. The molecule has 0 saturated carbocycles. The lowest BCUT2D eigenvalue weighted by molar-refractivity contribution is -0.688. The normalized spacial score (nSPS) is 14.1. The molecule has 154 valence electrons. The third-order valence-electron chi connectivity index (χ3n) is 6.09. The van der Waals surface area contributed by atoms with Crippen molar-refractivity contribution in [1.29, 1.82) is 0 Å². The van der Waals surface area contributed by atoms with Crippen LogP contribution in [-0.2, 0) is 19.4 Å². The molecule has 0 aliphatic heterocycles. The van der Waals surface area contributed by atoms with Crippen molar-refractivity contribution < 1.29 is 10.4 Å². The number of nitrogens with zero attached hydrogens (tertiary/aromatic N) is 3. The number of aliphatic hydroxyl groups excluding tert-OH is 1. The monoisotopic (exact) mass is 401 g/mol. The highest BCUT2D eigenvalue weighted by molar-refractivity contribution is 5.93. The maximum atomic E-state index is 10.8. The number of rotatable bonds is 6. The van der Waals surface area contributed by atoms with Crippen molar-refractivity contribution in [2.24, 2.45) is 0 Å². The van der Waals surface area contributed by atoms with E-state index >= 15 is 0 Å². The number of aryl methyl sites for hydroxylation is 1. The average molecular weight is 402 g/mol. The minimum Gasteiger partial charge on any atom is -0.385 e. The molecule has 4 aromatic rings. The number of benzene rings is 2. The molecule has 0 radical (unpaired) electrons. The zero-order chi connectivity index (χ0) is 20.7. The first-order chi connectivity index (χ1) is 14.6. The smallest absolute Gasteiger partial charge is 0.121 e. The van der Waals surface area contributed by atoms with Crippen molar-refractivity contribution in [3.05, 3.63) is 72.1 Å². The molecule has 0 bridgehead atoms. The van der Waals surface area contributed by atoms with Gasteiger partial charge in [-0.05, 0) is 50.5 Å². The summed E-state index contributed by atoms with van der Waals surface area (Å²) >= 11 is 0. The number of aliphatic hydroxyl groups is 1. The van der Waals surface area contributed by atoms with Gasteiger partial charge in [0.25, 0.3) is 0 Å². The number of fused-ring (bicyclic) bond motifs is 5. The minimum atomic E-state index is -0.401. The molecular formula is C25H29N4O+. The highest BCUT2D eigenvalue weighted by Crippen LogP contribution is 2.40. The Morgan fingerprint density at radius 3 is 2.60 bits per heavy atom. The lowest BCUT2D eigenvalue weighted by Crippen LogP contribution is -2.90. The van der Waals surface area contributed by atoms with Crippen molar-refractivity contribution in [3.63, 3.8) is 0 Å². The van der Waals surface area contributed by atoms with Crippen molar-refractivity contribution in [3.8, 4) is 16.9 Å². The van der Waals surface area contributed by atoms with E-state index in [1.54, 1.807) is 0 Å². The van der Waals surface area contributed by atoms with Crippen molar-refractivity contribution in [2.45, 2.75) is 45.4 Å². The van der Waals surface area contributed by atoms with Gasteiger partial charge in [-0.3, -0.25) is 0 Å². The highest BCUT2D eigenvalue weighted by atomic mass is 16.3. The number of quaternary nitrogens is 1. The lowest BCUT2D eigenvalue weighted by atomic mass is 9.93.